The van der Waals surface area contributed by atoms with Gasteiger partial charge in [0.2, 0.25) is 5.91 Å². The Hall–Kier alpha value is -5.03. The van der Waals surface area contributed by atoms with Crippen molar-refractivity contribution in [3.8, 4) is 28.6 Å². The molecule has 0 bridgehead atoms. The molecule has 1 fully saturated rings. The Bertz CT molecular complexity index is 1780. The molecule has 0 spiro atoms. The number of hydrogen-bond acceptors (Lipinski definition) is 8. The maximum atomic E-state index is 13.4. The minimum Gasteiger partial charge on any atom is -0.485 e. The number of urea groups is 1. The van der Waals surface area contributed by atoms with Gasteiger partial charge in [0.15, 0.2) is 17.6 Å². The Kier molecular flexibility index (Phi) is 9.76. The average Bonchev–Trinajstić information content (AvgIpc) is 3.63. The maximum absolute atomic E-state index is 13.4. The minimum absolute atomic E-state index is 0.0209. The number of amidine groups is 1. The van der Waals surface area contributed by atoms with Gasteiger partial charge in [-0.05, 0) is 54.4 Å². The smallest absolute Gasteiger partial charge is 0.485 e. The highest BCUT2D eigenvalue weighted by atomic mass is 32.2. The molecule has 1 aromatic heterocycles. The van der Waals surface area contributed by atoms with Crippen LogP contribution in [0.4, 0.5) is 32.4 Å². The van der Waals surface area contributed by atoms with E-state index in [1.807, 2.05) is 0 Å². The number of carbonyl (C=O) groups is 2. The molecule has 0 radical (unpaired) electrons. The number of halogens is 5. The summed E-state index contributed by atoms with van der Waals surface area (Å²) in [7, 11) is 0. The molecule has 1 aliphatic rings. The summed E-state index contributed by atoms with van der Waals surface area (Å²) in [6.07, 6.45) is -3.38. The Morgan fingerprint density at radius 2 is 1.77 bits per heavy atom. The molecule has 0 unspecified atom stereocenters. The molecule has 1 saturated heterocycles. The number of aliphatic imine (C=N–C) groups is 1. The molecule has 2 heterocycles. The van der Waals surface area contributed by atoms with Gasteiger partial charge in [-0.1, -0.05) is 42.1 Å². The predicted molar refractivity (Wildman–Crippen MR) is 161 cm³/mol. The number of anilines is 1. The van der Waals surface area contributed by atoms with Crippen LogP contribution < -0.4 is 19.9 Å². The molecule has 0 aliphatic carbocycles. The number of thioether (sulfide) groups is 1. The standard InChI is InChI=1S/C30H25F5N6O5S/c1-18-3-12-24(44-16-29(2,31)32)23(13-18)41-25(42)15-47-28(41)37-27(43)39-45-14-19-4-6-20(7-5-19)26-36-17-40(38-26)21-8-10-22(11-9-21)46-30(33,34)35/h3-13,17H,14-16H2,1-2H3,(H,39,43). The fourth-order valence-corrected chi connectivity index (χ4v) is 5.03. The van der Waals surface area contributed by atoms with E-state index < -0.39 is 30.8 Å². The molecule has 3 amide bonds. The lowest BCUT2D eigenvalue weighted by Gasteiger charge is -2.21. The first kappa shape index (κ1) is 33.3. The number of alkyl halides is 5. The molecular formula is C30H25F5N6O5S. The number of amides is 3. The van der Waals surface area contributed by atoms with E-state index in [0.717, 1.165) is 22.2 Å². The molecule has 246 valence electrons. The van der Waals surface area contributed by atoms with Crippen LogP contribution in [-0.2, 0) is 16.2 Å². The van der Waals surface area contributed by atoms with Crippen molar-refractivity contribution >= 4 is 34.6 Å². The summed E-state index contributed by atoms with van der Waals surface area (Å²) >= 11 is 0.998. The SMILES string of the molecule is Cc1ccc(OCC(C)(F)F)c(N2C(=O)CSC2=NC(=O)NOCc2ccc(-c3ncn(-c4ccc(OC(F)(F)F)cc4)n3)cc2)c1. The van der Waals surface area contributed by atoms with E-state index in [0.29, 0.717) is 29.6 Å². The number of ether oxygens (including phenoxy) is 2. The Morgan fingerprint density at radius 1 is 1.04 bits per heavy atom. The molecule has 5 rings (SSSR count). The highest BCUT2D eigenvalue weighted by Crippen LogP contribution is 2.36. The molecule has 1 N–H and O–H groups in total. The van der Waals surface area contributed by atoms with Gasteiger partial charge in [-0.2, -0.15) is 4.99 Å². The summed E-state index contributed by atoms with van der Waals surface area (Å²) in [6, 6.07) is 15.8. The number of nitrogens with one attached hydrogen (secondary N) is 1. The summed E-state index contributed by atoms with van der Waals surface area (Å²) in [5.41, 5.74) is 4.89. The van der Waals surface area contributed by atoms with Crippen LogP contribution in [0.3, 0.4) is 0 Å². The van der Waals surface area contributed by atoms with Crippen LogP contribution in [0.15, 0.2) is 78.0 Å². The Labute approximate surface area is 268 Å². The van der Waals surface area contributed by atoms with Crippen LogP contribution in [0.5, 0.6) is 11.5 Å². The molecule has 0 atom stereocenters. The zero-order valence-electron chi connectivity index (χ0n) is 24.6. The predicted octanol–water partition coefficient (Wildman–Crippen LogP) is 6.45. The van der Waals surface area contributed by atoms with E-state index in [-0.39, 0.29) is 34.7 Å². The third-order valence-electron chi connectivity index (χ3n) is 6.24. The summed E-state index contributed by atoms with van der Waals surface area (Å²) in [5.74, 6) is -3.49. The van der Waals surface area contributed by atoms with Crippen molar-refractivity contribution in [1.82, 2.24) is 20.2 Å². The molecule has 17 heteroatoms. The van der Waals surface area contributed by atoms with Crippen LogP contribution in [0, 0.1) is 6.92 Å². The first-order valence-electron chi connectivity index (χ1n) is 13.7. The number of rotatable bonds is 10. The highest BCUT2D eigenvalue weighted by molar-refractivity contribution is 8.15. The monoisotopic (exact) mass is 676 g/mol. The quantitative estimate of drug-likeness (QED) is 0.150. The van der Waals surface area contributed by atoms with Gasteiger partial charge in [-0.15, -0.1) is 18.3 Å². The number of hydrogen-bond donors (Lipinski definition) is 1. The van der Waals surface area contributed by atoms with Crippen LogP contribution in [0.25, 0.3) is 17.1 Å². The molecule has 47 heavy (non-hydrogen) atoms. The maximum Gasteiger partial charge on any atom is 0.573 e. The minimum atomic E-state index is -4.79. The van der Waals surface area contributed by atoms with Gasteiger partial charge in [0.05, 0.1) is 23.7 Å². The second-order valence-electron chi connectivity index (χ2n) is 10.2. The first-order chi connectivity index (χ1) is 22.2. The van der Waals surface area contributed by atoms with Gasteiger partial charge < -0.3 is 9.47 Å². The van der Waals surface area contributed by atoms with E-state index in [2.05, 4.69) is 25.3 Å². The summed E-state index contributed by atoms with van der Waals surface area (Å²) in [6.45, 7) is 1.53. The van der Waals surface area contributed by atoms with E-state index >= 15 is 0 Å². The number of carbonyl (C=O) groups excluding carboxylic acids is 2. The molecule has 0 saturated carbocycles. The van der Waals surface area contributed by atoms with Crippen molar-refractivity contribution in [1.29, 1.82) is 0 Å². The van der Waals surface area contributed by atoms with Crippen molar-refractivity contribution in [2.45, 2.75) is 32.7 Å². The largest absolute Gasteiger partial charge is 0.573 e. The van der Waals surface area contributed by atoms with Crippen molar-refractivity contribution in [3.63, 3.8) is 0 Å². The topological polar surface area (TPSA) is 120 Å². The number of benzene rings is 3. The Morgan fingerprint density at radius 3 is 2.45 bits per heavy atom. The van der Waals surface area contributed by atoms with Crippen LogP contribution >= 0.6 is 11.8 Å². The summed E-state index contributed by atoms with van der Waals surface area (Å²) < 4.78 is 74.6. The average molecular weight is 677 g/mol. The van der Waals surface area contributed by atoms with Crippen molar-refractivity contribution in [2.24, 2.45) is 4.99 Å². The van der Waals surface area contributed by atoms with Crippen molar-refractivity contribution in [2.75, 3.05) is 17.3 Å². The van der Waals surface area contributed by atoms with Crippen molar-refractivity contribution in [3.05, 3.63) is 84.2 Å². The lowest BCUT2D eigenvalue weighted by Crippen LogP contribution is -2.32. The normalized spacial score (nSPS) is 14.5. The third kappa shape index (κ3) is 9.04. The highest BCUT2D eigenvalue weighted by Gasteiger charge is 2.34. The van der Waals surface area contributed by atoms with Crippen LogP contribution in [-0.4, -0.2) is 56.5 Å². The van der Waals surface area contributed by atoms with Gasteiger partial charge >= 0.3 is 12.4 Å². The number of nitrogens with zero attached hydrogens (tertiary/aromatic N) is 5. The van der Waals surface area contributed by atoms with E-state index in [1.54, 1.807) is 43.3 Å². The Balaban J connectivity index is 1.17. The van der Waals surface area contributed by atoms with Gasteiger partial charge in [-0.25, -0.2) is 28.7 Å². The molecule has 1 aliphatic heterocycles. The van der Waals surface area contributed by atoms with E-state index in [1.165, 1.54) is 41.3 Å². The zero-order chi connectivity index (χ0) is 33.8. The third-order valence-corrected chi connectivity index (χ3v) is 7.16. The van der Waals surface area contributed by atoms with Crippen LogP contribution in [0.1, 0.15) is 18.1 Å². The van der Waals surface area contributed by atoms with Gasteiger partial charge in [-0.3, -0.25) is 14.5 Å². The lowest BCUT2D eigenvalue weighted by atomic mass is 10.1. The zero-order valence-corrected chi connectivity index (χ0v) is 25.4. The van der Waals surface area contributed by atoms with Gasteiger partial charge in [0.25, 0.3) is 5.92 Å². The molecular weight excluding hydrogens is 651 g/mol. The fourth-order valence-electron chi connectivity index (χ4n) is 4.17. The van der Waals surface area contributed by atoms with E-state index in [9.17, 15) is 31.5 Å². The molecule has 3 aromatic carbocycles. The number of hydroxylamine groups is 1. The number of aromatic nitrogens is 3. The van der Waals surface area contributed by atoms with Crippen molar-refractivity contribution < 1.29 is 45.9 Å². The lowest BCUT2D eigenvalue weighted by molar-refractivity contribution is -0.274. The first-order valence-corrected chi connectivity index (χ1v) is 14.7. The van der Waals surface area contributed by atoms with Gasteiger partial charge in [0.1, 0.15) is 17.8 Å². The molecule has 4 aromatic rings. The second kappa shape index (κ2) is 13.8. The molecule has 11 nitrogen and oxygen atoms in total. The summed E-state index contributed by atoms with van der Waals surface area (Å²) in [5, 5.41) is 4.38. The van der Waals surface area contributed by atoms with E-state index in [4.69, 9.17) is 9.57 Å². The number of aryl methyl sites for hydroxylation is 1. The summed E-state index contributed by atoms with van der Waals surface area (Å²) in [4.78, 5) is 39.8. The van der Waals surface area contributed by atoms with Gasteiger partial charge in [0, 0.05) is 12.5 Å². The fraction of sp³-hybridized carbons (Fsp3) is 0.233. The van der Waals surface area contributed by atoms with Crippen LogP contribution in [0.2, 0.25) is 0 Å². The second-order valence-corrected chi connectivity index (χ2v) is 11.1.